The normalized spacial score (nSPS) is 10.7. The van der Waals surface area contributed by atoms with E-state index >= 15 is 0 Å². The number of nitrogens with two attached hydrogens (primary N) is 1. The van der Waals surface area contributed by atoms with Gasteiger partial charge in [0, 0.05) is 12.1 Å². The van der Waals surface area contributed by atoms with Gasteiger partial charge in [-0.3, -0.25) is 14.9 Å². The number of nitrogen functional groups attached to an aromatic ring is 1. The summed E-state index contributed by atoms with van der Waals surface area (Å²) in [6.07, 6.45) is 1.01. The predicted molar refractivity (Wildman–Crippen MR) is 70.5 cm³/mol. The molecule has 1 amide bonds. The highest BCUT2D eigenvalue weighted by Crippen LogP contribution is 2.18. The number of nitro groups is 1. The Morgan fingerprint density at radius 2 is 2.32 bits per heavy atom. The molecule has 0 saturated carbocycles. The molecular formula is C10H9N8O4-. The molecule has 114 valence electrons. The molecule has 0 aliphatic carbocycles. The van der Waals surface area contributed by atoms with E-state index in [-0.39, 0.29) is 23.7 Å². The first kappa shape index (κ1) is 14.8. The van der Waals surface area contributed by atoms with Crippen LogP contribution in [0.5, 0.6) is 5.75 Å². The fourth-order valence-corrected chi connectivity index (χ4v) is 1.42. The minimum atomic E-state index is -0.643. The Labute approximate surface area is 122 Å². The molecule has 0 fully saturated rings. The van der Waals surface area contributed by atoms with Crippen LogP contribution in [0, 0.1) is 10.1 Å². The molecule has 0 aliphatic rings. The van der Waals surface area contributed by atoms with E-state index in [0.717, 1.165) is 29.1 Å². The SMILES string of the molecule is Nc1nnnn1CC(=O)NN=Cc1cc([N+](=O)[O-])ccc1[O-]. The van der Waals surface area contributed by atoms with Crippen LogP contribution in [0.4, 0.5) is 11.6 Å². The van der Waals surface area contributed by atoms with Crippen molar-refractivity contribution in [3.63, 3.8) is 0 Å². The van der Waals surface area contributed by atoms with Gasteiger partial charge < -0.3 is 10.8 Å². The van der Waals surface area contributed by atoms with Gasteiger partial charge in [0.15, 0.2) is 0 Å². The van der Waals surface area contributed by atoms with Crippen molar-refractivity contribution >= 4 is 23.8 Å². The Hall–Kier alpha value is -3.57. The van der Waals surface area contributed by atoms with Gasteiger partial charge in [-0.2, -0.15) is 5.10 Å². The molecule has 1 aromatic carbocycles. The monoisotopic (exact) mass is 305 g/mol. The molecule has 12 nitrogen and oxygen atoms in total. The Morgan fingerprint density at radius 1 is 1.55 bits per heavy atom. The number of nitrogens with zero attached hydrogens (tertiary/aromatic N) is 6. The summed E-state index contributed by atoms with van der Waals surface area (Å²) in [6.45, 7) is -0.269. The standard InChI is InChI=1S/C10H10N8O4/c11-10-14-15-16-17(10)5-9(20)13-12-4-6-3-7(18(21)22)1-2-8(6)19/h1-4,19H,5H2,(H,13,20)(H2,11,14,16)/p-1. The lowest BCUT2D eigenvalue weighted by molar-refractivity contribution is -0.385. The van der Waals surface area contributed by atoms with Gasteiger partial charge in [0.25, 0.3) is 11.6 Å². The van der Waals surface area contributed by atoms with Crippen LogP contribution in [0.2, 0.25) is 0 Å². The predicted octanol–water partition coefficient (Wildman–Crippen LogP) is -1.61. The van der Waals surface area contributed by atoms with Gasteiger partial charge in [-0.1, -0.05) is 16.9 Å². The van der Waals surface area contributed by atoms with Crippen molar-refractivity contribution < 1.29 is 14.8 Å². The number of nitrogens with one attached hydrogen (secondary N) is 1. The number of hydrogen-bond acceptors (Lipinski definition) is 9. The lowest BCUT2D eigenvalue weighted by Crippen LogP contribution is -2.24. The van der Waals surface area contributed by atoms with Crippen molar-refractivity contribution in [2.75, 3.05) is 5.73 Å². The van der Waals surface area contributed by atoms with E-state index in [2.05, 4.69) is 26.1 Å². The molecular weight excluding hydrogens is 296 g/mol. The first-order valence-corrected chi connectivity index (χ1v) is 5.76. The van der Waals surface area contributed by atoms with E-state index in [1.807, 2.05) is 0 Å². The Balaban J connectivity index is 2.00. The number of carbonyl (C=O) groups is 1. The molecule has 3 N–H and O–H groups in total. The second kappa shape index (κ2) is 6.25. The fraction of sp³-hybridized carbons (Fsp3) is 0.100. The minimum Gasteiger partial charge on any atom is -0.872 e. The van der Waals surface area contributed by atoms with Gasteiger partial charge in [0.05, 0.1) is 11.1 Å². The first-order chi connectivity index (χ1) is 10.5. The maximum absolute atomic E-state index is 11.5. The van der Waals surface area contributed by atoms with Crippen LogP contribution in [0.15, 0.2) is 23.3 Å². The third-order valence-corrected chi connectivity index (χ3v) is 2.45. The number of non-ortho nitro benzene ring substituents is 1. The molecule has 1 aromatic heterocycles. The second-order valence-corrected chi connectivity index (χ2v) is 3.97. The van der Waals surface area contributed by atoms with E-state index < -0.39 is 16.6 Å². The molecule has 0 bridgehead atoms. The topological polar surface area (TPSA) is 177 Å². The number of amides is 1. The van der Waals surface area contributed by atoms with Crippen LogP contribution in [0.25, 0.3) is 0 Å². The van der Waals surface area contributed by atoms with Crippen molar-refractivity contribution in [2.24, 2.45) is 5.10 Å². The van der Waals surface area contributed by atoms with Gasteiger partial charge in [-0.05, 0) is 16.0 Å². The zero-order valence-corrected chi connectivity index (χ0v) is 10.9. The summed E-state index contributed by atoms with van der Waals surface area (Å²) in [6, 6.07) is 3.18. The summed E-state index contributed by atoms with van der Waals surface area (Å²) >= 11 is 0. The average molecular weight is 305 g/mol. The van der Waals surface area contributed by atoms with Crippen molar-refractivity contribution in [1.29, 1.82) is 0 Å². The van der Waals surface area contributed by atoms with Gasteiger partial charge >= 0.3 is 0 Å². The van der Waals surface area contributed by atoms with E-state index in [1.54, 1.807) is 0 Å². The van der Waals surface area contributed by atoms with Crippen LogP contribution in [-0.2, 0) is 11.3 Å². The van der Waals surface area contributed by atoms with E-state index in [4.69, 9.17) is 5.73 Å². The Bertz CT molecular complexity index is 740. The number of anilines is 1. The summed E-state index contributed by atoms with van der Waals surface area (Å²) in [7, 11) is 0. The van der Waals surface area contributed by atoms with Crippen LogP contribution in [-0.4, -0.2) is 37.3 Å². The molecule has 12 heteroatoms. The molecule has 2 aromatic rings. The molecule has 0 atom stereocenters. The van der Waals surface area contributed by atoms with E-state index in [0.29, 0.717) is 0 Å². The molecule has 0 spiro atoms. The number of aromatic nitrogens is 4. The van der Waals surface area contributed by atoms with Gasteiger partial charge in [-0.15, -0.1) is 0 Å². The number of carbonyl (C=O) groups excluding carboxylic acids is 1. The van der Waals surface area contributed by atoms with Crippen LogP contribution in [0.1, 0.15) is 5.56 Å². The third kappa shape index (κ3) is 3.50. The van der Waals surface area contributed by atoms with Gasteiger partial charge in [-0.25, -0.2) is 10.1 Å². The Kier molecular flexibility index (Phi) is 4.22. The maximum atomic E-state index is 11.5. The van der Waals surface area contributed by atoms with Crippen molar-refractivity contribution in [1.82, 2.24) is 25.6 Å². The molecule has 22 heavy (non-hydrogen) atoms. The van der Waals surface area contributed by atoms with Crippen LogP contribution >= 0.6 is 0 Å². The minimum absolute atomic E-state index is 0.0311. The first-order valence-electron chi connectivity index (χ1n) is 5.76. The third-order valence-electron chi connectivity index (χ3n) is 2.45. The highest BCUT2D eigenvalue weighted by molar-refractivity contribution is 5.85. The highest BCUT2D eigenvalue weighted by atomic mass is 16.6. The average Bonchev–Trinajstić information content (AvgIpc) is 2.86. The van der Waals surface area contributed by atoms with Crippen molar-refractivity contribution in [3.05, 3.63) is 33.9 Å². The lowest BCUT2D eigenvalue weighted by atomic mass is 10.2. The number of tetrazole rings is 1. The van der Waals surface area contributed by atoms with Gasteiger partial charge in [0.1, 0.15) is 6.54 Å². The summed E-state index contributed by atoms with van der Waals surface area (Å²) < 4.78 is 1.04. The molecule has 2 rings (SSSR count). The zero-order valence-electron chi connectivity index (χ0n) is 10.9. The summed E-state index contributed by atoms with van der Waals surface area (Å²) in [5.74, 6) is -1.10. The quantitative estimate of drug-likeness (QED) is 0.376. The molecule has 0 saturated heterocycles. The number of hydrogen-bond donors (Lipinski definition) is 2. The fourth-order valence-electron chi connectivity index (χ4n) is 1.42. The summed E-state index contributed by atoms with van der Waals surface area (Å²) in [5, 5.41) is 35.8. The summed E-state index contributed by atoms with van der Waals surface area (Å²) in [5.41, 5.74) is 7.21. The molecule has 0 aliphatic heterocycles. The highest BCUT2D eigenvalue weighted by Gasteiger charge is 2.07. The lowest BCUT2D eigenvalue weighted by Gasteiger charge is -2.08. The molecule has 1 heterocycles. The molecule has 0 unspecified atom stereocenters. The van der Waals surface area contributed by atoms with Crippen LogP contribution in [0.3, 0.4) is 0 Å². The zero-order chi connectivity index (χ0) is 16.1. The van der Waals surface area contributed by atoms with Gasteiger partial charge in [0.2, 0.25) is 5.95 Å². The second-order valence-electron chi connectivity index (χ2n) is 3.97. The number of hydrazone groups is 1. The smallest absolute Gasteiger partial charge is 0.270 e. The summed E-state index contributed by atoms with van der Waals surface area (Å²) in [4.78, 5) is 21.5. The van der Waals surface area contributed by atoms with Crippen LogP contribution < -0.4 is 16.3 Å². The van der Waals surface area contributed by atoms with Crippen molar-refractivity contribution in [3.8, 4) is 5.75 Å². The number of nitro benzene ring substituents is 1. The van der Waals surface area contributed by atoms with E-state index in [1.165, 1.54) is 0 Å². The number of benzene rings is 1. The number of rotatable bonds is 5. The molecule has 0 radical (unpaired) electrons. The Morgan fingerprint density at radius 3 is 2.95 bits per heavy atom. The maximum Gasteiger partial charge on any atom is 0.270 e. The van der Waals surface area contributed by atoms with E-state index in [9.17, 15) is 20.0 Å². The largest absolute Gasteiger partial charge is 0.872 e. The van der Waals surface area contributed by atoms with Crippen molar-refractivity contribution in [2.45, 2.75) is 6.54 Å².